The lowest BCUT2D eigenvalue weighted by Gasteiger charge is -2.15. The predicted octanol–water partition coefficient (Wildman–Crippen LogP) is 2.72. The van der Waals surface area contributed by atoms with Crippen molar-refractivity contribution in [1.29, 1.82) is 0 Å². The number of quaternary nitrogens is 1. The summed E-state index contributed by atoms with van der Waals surface area (Å²) in [6, 6.07) is 22.0. The fourth-order valence-electron chi connectivity index (χ4n) is 3.17. The molecule has 0 spiro atoms. The fourth-order valence-corrected chi connectivity index (χ4v) is 4.02. The average Bonchev–Trinajstić information content (AvgIpc) is 3.28. The normalized spacial score (nSPS) is 11.6. The number of nitrogens with one attached hydrogen (secondary N) is 2. The van der Waals surface area contributed by atoms with Crippen molar-refractivity contribution in [1.82, 2.24) is 5.32 Å². The van der Waals surface area contributed by atoms with Gasteiger partial charge in [0.15, 0.2) is 6.54 Å². The Morgan fingerprint density at radius 3 is 2.45 bits per heavy atom. The smallest absolute Gasteiger partial charge is 0.275 e. The lowest BCUT2D eigenvalue weighted by molar-refractivity contribution is -0.676. The summed E-state index contributed by atoms with van der Waals surface area (Å²) < 4.78 is 0. The number of carbonyl (C=O) groups is 2. The molecule has 1 atom stereocenters. The van der Waals surface area contributed by atoms with Crippen LogP contribution in [0.15, 0.2) is 72.1 Å². The van der Waals surface area contributed by atoms with Crippen LogP contribution in [-0.4, -0.2) is 24.9 Å². The molecule has 0 aliphatic carbocycles. The largest absolute Gasteiger partial charge is 0.342 e. The number of para-hydroxylation sites is 1. The average molecular weight is 409 g/mol. The van der Waals surface area contributed by atoms with Gasteiger partial charge in [0.05, 0.1) is 11.4 Å². The number of anilines is 1. The maximum Gasteiger partial charge on any atom is 0.275 e. The van der Waals surface area contributed by atoms with Crippen molar-refractivity contribution in [3.8, 4) is 0 Å². The Kier molecular flexibility index (Phi) is 7.55. The van der Waals surface area contributed by atoms with Crippen LogP contribution in [0.25, 0.3) is 0 Å². The van der Waals surface area contributed by atoms with E-state index in [2.05, 4.69) is 28.8 Å². The predicted molar refractivity (Wildman–Crippen MR) is 117 cm³/mol. The third kappa shape index (κ3) is 6.01. The summed E-state index contributed by atoms with van der Waals surface area (Å²) in [5, 5.41) is 9.62. The molecule has 0 aliphatic rings. The van der Waals surface area contributed by atoms with E-state index in [1.54, 1.807) is 11.3 Å². The fraction of sp³-hybridized carbons (Fsp3) is 0.217. The Balaban J connectivity index is 1.51. The van der Waals surface area contributed by atoms with Gasteiger partial charge in [-0.3, -0.25) is 9.59 Å². The Morgan fingerprint density at radius 2 is 1.72 bits per heavy atom. The number of thiophene rings is 1. The van der Waals surface area contributed by atoms with Gasteiger partial charge < -0.3 is 16.0 Å². The van der Waals surface area contributed by atoms with Gasteiger partial charge in [0.2, 0.25) is 5.91 Å². The zero-order valence-corrected chi connectivity index (χ0v) is 17.2. The third-order valence-corrected chi connectivity index (χ3v) is 5.62. The SMILES string of the molecule is CCc1ccccc1NC(=O)CNC(=O)C[NH2+][C@@H](c1ccccc1)c1cccs1. The van der Waals surface area contributed by atoms with Crippen molar-refractivity contribution in [3.05, 3.63) is 88.1 Å². The summed E-state index contributed by atoms with van der Waals surface area (Å²) in [6.07, 6.45) is 0.835. The highest BCUT2D eigenvalue weighted by atomic mass is 32.1. The molecule has 2 aromatic carbocycles. The van der Waals surface area contributed by atoms with Crippen molar-refractivity contribution in [2.45, 2.75) is 19.4 Å². The molecular weight excluding hydrogens is 382 g/mol. The molecule has 6 heteroatoms. The third-order valence-electron chi connectivity index (χ3n) is 4.67. The Hall–Kier alpha value is -2.96. The number of hydrogen-bond donors (Lipinski definition) is 3. The Morgan fingerprint density at radius 1 is 0.966 bits per heavy atom. The summed E-state index contributed by atoms with van der Waals surface area (Å²) in [7, 11) is 0. The number of hydrogen-bond acceptors (Lipinski definition) is 3. The van der Waals surface area contributed by atoms with E-state index in [4.69, 9.17) is 0 Å². The van der Waals surface area contributed by atoms with Gasteiger partial charge in [0.25, 0.3) is 5.91 Å². The van der Waals surface area contributed by atoms with E-state index in [0.717, 1.165) is 23.2 Å². The second-order valence-corrected chi connectivity index (χ2v) is 7.66. The summed E-state index contributed by atoms with van der Waals surface area (Å²) >= 11 is 1.67. The first kappa shape index (κ1) is 20.8. The number of amides is 2. The van der Waals surface area contributed by atoms with Crippen LogP contribution in [-0.2, 0) is 16.0 Å². The highest BCUT2D eigenvalue weighted by Crippen LogP contribution is 2.22. The molecule has 5 nitrogen and oxygen atoms in total. The number of carbonyl (C=O) groups excluding carboxylic acids is 2. The van der Waals surface area contributed by atoms with Gasteiger partial charge in [-0.05, 0) is 29.5 Å². The maximum absolute atomic E-state index is 12.3. The lowest BCUT2D eigenvalue weighted by Crippen LogP contribution is -2.87. The second kappa shape index (κ2) is 10.5. The molecule has 150 valence electrons. The van der Waals surface area contributed by atoms with Gasteiger partial charge in [-0.15, -0.1) is 11.3 Å². The van der Waals surface area contributed by atoms with E-state index in [9.17, 15) is 9.59 Å². The van der Waals surface area contributed by atoms with Crippen molar-refractivity contribution < 1.29 is 14.9 Å². The molecule has 0 saturated heterocycles. The molecule has 3 rings (SSSR count). The minimum absolute atomic E-state index is 0.0419. The van der Waals surface area contributed by atoms with E-state index in [1.165, 1.54) is 4.88 Å². The Labute approximate surface area is 175 Å². The van der Waals surface area contributed by atoms with Crippen molar-refractivity contribution in [2.75, 3.05) is 18.4 Å². The molecule has 0 aliphatic heterocycles. The molecule has 0 bridgehead atoms. The molecule has 0 saturated carbocycles. The highest BCUT2D eigenvalue weighted by molar-refractivity contribution is 7.10. The molecule has 1 aromatic heterocycles. The molecule has 3 aromatic rings. The molecule has 1 heterocycles. The van der Waals surface area contributed by atoms with E-state index in [0.29, 0.717) is 0 Å². The molecule has 0 radical (unpaired) electrons. The van der Waals surface area contributed by atoms with Gasteiger partial charge in [0, 0.05) is 11.3 Å². The minimum atomic E-state index is -0.225. The van der Waals surface area contributed by atoms with Crippen LogP contribution in [0.3, 0.4) is 0 Å². The van der Waals surface area contributed by atoms with Crippen LogP contribution in [0, 0.1) is 0 Å². The van der Waals surface area contributed by atoms with Crippen LogP contribution in [0.5, 0.6) is 0 Å². The van der Waals surface area contributed by atoms with Crippen molar-refractivity contribution >= 4 is 28.8 Å². The molecular formula is C23H26N3O2S+. The number of nitrogens with two attached hydrogens (primary N) is 1. The molecule has 0 fully saturated rings. The van der Waals surface area contributed by atoms with E-state index in [1.807, 2.05) is 66.2 Å². The number of aryl methyl sites for hydroxylation is 1. The van der Waals surface area contributed by atoms with Crippen molar-refractivity contribution in [2.24, 2.45) is 0 Å². The van der Waals surface area contributed by atoms with Crippen LogP contribution in [0.2, 0.25) is 0 Å². The van der Waals surface area contributed by atoms with Gasteiger partial charge in [-0.25, -0.2) is 0 Å². The zero-order chi connectivity index (χ0) is 20.5. The van der Waals surface area contributed by atoms with E-state index in [-0.39, 0.29) is 30.9 Å². The summed E-state index contributed by atoms with van der Waals surface area (Å²) in [4.78, 5) is 25.7. The molecule has 0 unspecified atom stereocenters. The van der Waals surface area contributed by atoms with Crippen LogP contribution >= 0.6 is 11.3 Å². The molecule has 2 amide bonds. The van der Waals surface area contributed by atoms with E-state index >= 15 is 0 Å². The van der Waals surface area contributed by atoms with Crippen LogP contribution < -0.4 is 16.0 Å². The second-order valence-electron chi connectivity index (χ2n) is 6.68. The first-order valence-electron chi connectivity index (χ1n) is 9.73. The first-order chi connectivity index (χ1) is 14.2. The monoisotopic (exact) mass is 408 g/mol. The highest BCUT2D eigenvalue weighted by Gasteiger charge is 2.20. The van der Waals surface area contributed by atoms with Crippen LogP contribution in [0.1, 0.15) is 29.0 Å². The minimum Gasteiger partial charge on any atom is -0.342 e. The lowest BCUT2D eigenvalue weighted by atomic mass is 10.1. The van der Waals surface area contributed by atoms with Crippen LogP contribution in [0.4, 0.5) is 5.69 Å². The summed E-state index contributed by atoms with van der Waals surface area (Å²) in [5.41, 5.74) is 3.02. The summed E-state index contributed by atoms with van der Waals surface area (Å²) in [5.74, 6) is -0.390. The first-order valence-corrected chi connectivity index (χ1v) is 10.6. The summed E-state index contributed by atoms with van der Waals surface area (Å²) in [6.45, 7) is 2.25. The Bertz CT molecular complexity index is 926. The van der Waals surface area contributed by atoms with Gasteiger partial charge in [-0.1, -0.05) is 61.5 Å². The quantitative estimate of drug-likeness (QED) is 0.509. The number of rotatable bonds is 9. The molecule has 29 heavy (non-hydrogen) atoms. The van der Waals surface area contributed by atoms with Gasteiger partial charge in [0.1, 0.15) is 6.04 Å². The zero-order valence-electron chi connectivity index (χ0n) is 16.4. The van der Waals surface area contributed by atoms with E-state index < -0.39 is 0 Å². The maximum atomic E-state index is 12.3. The number of benzene rings is 2. The van der Waals surface area contributed by atoms with Gasteiger partial charge in [-0.2, -0.15) is 0 Å². The van der Waals surface area contributed by atoms with Crippen molar-refractivity contribution in [3.63, 3.8) is 0 Å². The topological polar surface area (TPSA) is 74.8 Å². The van der Waals surface area contributed by atoms with Gasteiger partial charge >= 0.3 is 0 Å². The molecule has 4 N–H and O–H groups in total. The standard InChI is InChI=1S/C23H25N3O2S/c1-2-17-9-6-7-12-19(17)26-22(28)16-24-21(27)15-25-23(20-13-8-14-29-20)18-10-4-3-5-11-18/h3-14,23,25H,2,15-16H2,1H3,(H,24,27)(H,26,28)/p+1/t23-/m0/s1.